The van der Waals surface area contributed by atoms with Crippen LogP contribution in [0.5, 0.6) is 5.75 Å². The highest BCUT2D eigenvalue weighted by molar-refractivity contribution is 5.97. The van der Waals surface area contributed by atoms with Gasteiger partial charge in [-0.3, -0.25) is 0 Å². The molecule has 32 heavy (non-hydrogen) atoms. The minimum absolute atomic E-state index is 0.353. The standard InChI is InChI=1S/C24H26F3N3O2/c1-14-17(15(2)25)5-4-6-18(14)24-19-11-21(30-7-9-31-10-8-30)22(32-13-23(26)27)12-20(19)28-16(3)29-24/h4-6,11-12,15,23H,7-10,13H2,1-3H3. The summed E-state index contributed by atoms with van der Waals surface area (Å²) in [5.74, 6) is 0.885. The lowest BCUT2D eigenvalue weighted by atomic mass is 9.95. The van der Waals surface area contributed by atoms with Gasteiger partial charge in [0.25, 0.3) is 6.43 Å². The summed E-state index contributed by atoms with van der Waals surface area (Å²) in [5, 5.41) is 0.758. The Morgan fingerprint density at radius 3 is 2.53 bits per heavy atom. The van der Waals surface area contributed by atoms with Crippen molar-refractivity contribution in [3.8, 4) is 17.0 Å². The molecule has 3 aromatic rings. The van der Waals surface area contributed by atoms with E-state index < -0.39 is 19.2 Å². The van der Waals surface area contributed by atoms with E-state index in [0.29, 0.717) is 60.3 Å². The maximum Gasteiger partial charge on any atom is 0.272 e. The van der Waals surface area contributed by atoms with Gasteiger partial charge in [-0.2, -0.15) is 0 Å². The Hall–Kier alpha value is -2.87. The lowest BCUT2D eigenvalue weighted by molar-refractivity contribution is 0.0817. The van der Waals surface area contributed by atoms with E-state index in [4.69, 9.17) is 9.47 Å². The van der Waals surface area contributed by atoms with E-state index in [-0.39, 0.29) is 0 Å². The van der Waals surface area contributed by atoms with Crippen molar-refractivity contribution in [1.82, 2.24) is 9.97 Å². The number of fused-ring (bicyclic) bond motifs is 1. The van der Waals surface area contributed by atoms with Crippen molar-refractivity contribution >= 4 is 16.6 Å². The zero-order valence-electron chi connectivity index (χ0n) is 18.4. The Balaban J connectivity index is 1.92. The van der Waals surface area contributed by atoms with Crippen LogP contribution in [0.15, 0.2) is 30.3 Å². The largest absolute Gasteiger partial charge is 0.485 e. The number of hydrogen-bond acceptors (Lipinski definition) is 5. The third kappa shape index (κ3) is 4.50. The zero-order chi connectivity index (χ0) is 22.8. The molecule has 4 rings (SSSR count). The quantitative estimate of drug-likeness (QED) is 0.507. The first-order chi connectivity index (χ1) is 15.3. The van der Waals surface area contributed by atoms with Crippen molar-refractivity contribution in [1.29, 1.82) is 0 Å². The van der Waals surface area contributed by atoms with Crippen LogP contribution in [-0.2, 0) is 4.74 Å². The van der Waals surface area contributed by atoms with E-state index in [2.05, 4.69) is 14.9 Å². The summed E-state index contributed by atoms with van der Waals surface area (Å²) in [7, 11) is 0. The third-order valence-corrected chi connectivity index (χ3v) is 5.66. The fraction of sp³-hybridized carbons (Fsp3) is 0.417. The first kappa shape index (κ1) is 22.3. The Labute approximate surface area is 185 Å². The number of nitrogens with zero attached hydrogens (tertiary/aromatic N) is 3. The Morgan fingerprint density at radius 2 is 1.84 bits per heavy atom. The molecule has 1 aliphatic rings. The summed E-state index contributed by atoms with van der Waals surface area (Å²) in [6.07, 6.45) is -3.69. The molecule has 1 unspecified atom stereocenters. The summed E-state index contributed by atoms with van der Waals surface area (Å²) < 4.78 is 50.9. The van der Waals surface area contributed by atoms with Gasteiger partial charge in [-0.1, -0.05) is 18.2 Å². The first-order valence-corrected chi connectivity index (χ1v) is 10.6. The highest BCUT2D eigenvalue weighted by atomic mass is 19.3. The molecule has 0 aliphatic carbocycles. The molecule has 8 heteroatoms. The molecule has 1 atom stereocenters. The minimum Gasteiger partial charge on any atom is -0.485 e. The van der Waals surface area contributed by atoms with Gasteiger partial charge in [0.05, 0.1) is 30.1 Å². The second kappa shape index (κ2) is 9.32. The van der Waals surface area contributed by atoms with Gasteiger partial charge in [0, 0.05) is 30.1 Å². The number of anilines is 1. The summed E-state index contributed by atoms with van der Waals surface area (Å²) >= 11 is 0. The third-order valence-electron chi connectivity index (χ3n) is 5.66. The molecule has 0 spiro atoms. The lowest BCUT2D eigenvalue weighted by Gasteiger charge is -2.30. The van der Waals surface area contributed by atoms with Gasteiger partial charge in [-0.25, -0.2) is 23.1 Å². The number of halogens is 3. The summed E-state index contributed by atoms with van der Waals surface area (Å²) in [6, 6.07) is 9.09. The van der Waals surface area contributed by atoms with Gasteiger partial charge in [-0.15, -0.1) is 0 Å². The highest BCUT2D eigenvalue weighted by Crippen LogP contribution is 2.39. The molecule has 170 valence electrons. The molecule has 2 heterocycles. The molecule has 0 saturated carbocycles. The Bertz CT molecular complexity index is 1120. The van der Waals surface area contributed by atoms with E-state index in [1.807, 2.05) is 25.1 Å². The van der Waals surface area contributed by atoms with Crippen LogP contribution in [0.4, 0.5) is 18.9 Å². The number of morpholine rings is 1. The van der Waals surface area contributed by atoms with Crippen molar-refractivity contribution in [3.63, 3.8) is 0 Å². The van der Waals surface area contributed by atoms with Gasteiger partial charge in [0.1, 0.15) is 24.4 Å². The van der Waals surface area contributed by atoms with Crippen LogP contribution in [0.2, 0.25) is 0 Å². The summed E-state index contributed by atoms with van der Waals surface area (Å²) in [6.45, 7) is 6.79. The van der Waals surface area contributed by atoms with E-state index in [0.717, 1.165) is 16.5 Å². The van der Waals surface area contributed by atoms with Crippen LogP contribution >= 0.6 is 0 Å². The maximum absolute atomic E-state index is 14.2. The molecule has 1 saturated heterocycles. The van der Waals surface area contributed by atoms with Crippen LogP contribution in [0.3, 0.4) is 0 Å². The van der Waals surface area contributed by atoms with Crippen molar-refractivity contribution in [2.24, 2.45) is 0 Å². The maximum atomic E-state index is 14.2. The van der Waals surface area contributed by atoms with Crippen LogP contribution in [0, 0.1) is 13.8 Å². The predicted octanol–water partition coefficient (Wildman–Crippen LogP) is 5.42. The smallest absolute Gasteiger partial charge is 0.272 e. The summed E-state index contributed by atoms with van der Waals surface area (Å²) in [4.78, 5) is 11.3. The van der Waals surface area contributed by atoms with E-state index in [1.165, 1.54) is 6.92 Å². The average Bonchev–Trinajstić information content (AvgIpc) is 2.77. The molecule has 1 aliphatic heterocycles. The number of hydrogen-bond donors (Lipinski definition) is 0. The molecule has 0 N–H and O–H groups in total. The molecule has 0 radical (unpaired) electrons. The molecular weight excluding hydrogens is 419 g/mol. The van der Waals surface area contributed by atoms with Crippen LogP contribution in [0.1, 0.15) is 30.0 Å². The molecule has 1 fully saturated rings. The highest BCUT2D eigenvalue weighted by Gasteiger charge is 2.21. The number of rotatable bonds is 6. The SMILES string of the molecule is Cc1nc(-c2cccc(C(C)F)c2C)c2cc(N3CCOCC3)c(OCC(F)F)cc2n1. The number of benzene rings is 2. The topological polar surface area (TPSA) is 47.5 Å². The second-order valence-corrected chi connectivity index (χ2v) is 7.89. The molecular formula is C24H26F3N3O2. The lowest BCUT2D eigenvalue weighted by Crippen LogP contribution is -2.36. The van der Waals surface area contributed by atoms with Gasteiger partial charge in [0.15, 0.2) is 0 Å². The molecule has 2 aromatic carbocycles. The molecule has 1 aromatic heterocycles. The average molecular weight is 445 g/mol. The zero-order valence-corrected chi connectivity index (χ0v) is 18.4. The fourth-order valence-corrected chi connectivity index (χ4v) is 4.13. The van der Waals surface area contributed by atoms with Crippen molar-refractivity contribution < 1.29 is 22.6 Å². The van der Waals surface area contributed by atoms with Crippen molar-refractivity contribution in [2.75, 3.05) is 37.8 Å². The molecule has 5 nitrogen and oxygen atoms in total. The predicted molar refractivity (Wildman–Crippen MR) is 119 cm³/mol. The van der Waals surface area contributed by atoms with Gasteiger partial charge >= 0.3 is 0 Å². The van der Waals surface area contributed by atoms with Gasteiger partial charge in [-0.05, 0) is 38.0 Å². The van der Waals surface area contributed by atoms with Crippen LogP contribution in [-0.4, -0.2) is 49.3 Å². The van der Waals surface area contributed by atoms with E-state index >= 15 is 0 Å². The number of aryl methyl sites for hydroxylation is 1. The second-order valence-electron chi connectivity index (χ2n) is 7.89. The van der Waals surface area contributed by atoms with E-state index in [1.54, 1.807) is 19.1 Å². The fourth-order valence-electron chi connectivity index (χ4n) is 4.13. The number of aromatic nitrogens is 2. The number of alkyl halides is 3. The minimum atomic E-state index is -2.58. The van der Waals surface area contributed by atoms with E-state index in [9.17, 15) is 13.2 Å². The first-order valence-electron chi connectivity index (χ1n) is 10.6. The van der Waals surface area contributed by atoms with Gasteiger partial charge in [0.2, 0.25) is 0 Å². The normalized spacial score (nSPS) is 15.4. The monoisotopic (exact) mass is 445 g/mol. The summed E-state index contributed by atoms with van der Waals surface area (Å²) in [5.41, 5.74) is 4.21. The van der Waals surface area contributed by atoms with Crippen LogP contribution in [0.25, 0.3) is 22.2 Å². The Kier molecular flexibility index (Phi) is 6.50. The van der Waals surface area contributed by atoms with Crippen LogP contribution < -0.4 is 9.64 Å². The van der Waals surface area contributed by atoms with Crippen molar-refractivity contribution in [3.05, 3.63) is 47.3 Å². The Morgan fingerprint density at radius 1 is 1.09 bits per heavy atom. The number of ether oxygens (including phenoxy) is 2. The molecule has 0 amide bonds. The van der Waals surface area contributed by atoms with Gasteiger partial charge < -0.3 is 14.4 Å². The van der Waals surface area contributed by atoms with Crippen molar-refractivity contribution in [2.45, 2.75) is 33.4 Å². The molecule has 0 bridgehead atoms.